The molecule has 9 aromatic carbocycles. The Labute approximate surface area is 360 Å². The van der Waals surface area contributed by atoms with E-state index in [0.29, 0.717) is 0 Å². The highest BCUT2D eigenvalue weighted by molar-refractivity contribution is 7.33. The summed E-state index contributed by atoms with van der Waals surface area (Å²) in [4.78, 5) is 7.43. The van der Waals surface area contributed by atoms with Crippen LogP contribution in [0, 0.1) is 0 Å². The zero-order chi connectivity index (χ0) is 40.3. The van der Waals surface area contributed by atoms with Gasteiger partial charge in [0.05, 0.1) is 5.69 Å². The van der Waals surface area contributed by atoms with Crippen molar-refractivity contribution < 1.29 is 0 Å². The van der Waals surface area contributed by atoms with E-state index in [4.69, 9.17) is 0 Å². The standard InChI is InChI=1S/C56H38BN3S/c1-6-19-39(20-7-1)41-35-42(40-21-8-2-9-22-40)37-47(36-41)60-51-31-18-30-50-54(51)57(56-55(60)48-29-16-17-32-53(48)61-56)49-34-33-46(38-52(49)59(50)45-27-14-5-15-28-45)58(43-23-10-3-11-24-43)44-25-12-4-13-26-44/h1-38H. The second-order valence-electron chi connectivity index (χ2n) is 15.7. The first-order chi connectivity index (χ1) is 30.3. The molecule has 0 atom stereocenters. The summed E-state index contributed by atoms with van der Waals surface area (Å²) in [5.41, 5.74) is 17.8. The SMILES string of the molecule is c1ccc(-c2cc(-c3ccccc3)cc(N3c4cccc5c4B(c4ccc(N(c6ccccc6)c6ccccc6)cc4N5c4ccccc4)c4sc5ccccc5c43)c2)cc1. The lowest BCUT2D eigenvalue weighted by Crippen LogP contribution is -2.60. The van der Waals surface area contributed by atoms with Gasteiger partial charge < -0.3 is 14.7 Å². The minimum atomic E-state index is 0.0201. The van der Waals surface area contributed by atoms with Gasteiger partial charge in [-0.25, -0.2) is 0 Å². The van der Waals surface area contributed by atoms with Gasteiger partial charge in [-0.1, -0.05) is 146 Å². The molecule has 0 amide bonds. The third kappa shape index (κ3) is 5.89. The highest BCUT2D eigenvalue weighted by Gasteiger charge is 2.45. The van der Waals surface area contributed by atoms with Crippen LogP contribution in [0.3, 0.4) is 0 Å². The molecule has 5 heteroatoms. The Balaban J connectivity index is 1.13. The van der Waals surface area contributed by atoms with Crippen molar-refractivity contribution in [2.75, 3.05) is 14.7 Å². The van der Waals surface area contributed by atoms with Gasteiger partial charge in [0, 0.05) is 60.4 Å². The van der Waals surface area contributed by atoms with E-state index in [1.165, 1.54) is 70.8 Å². The average molecular weight is 796 g/mol. The normalized spacial score (nSPS) is 12.5. The molecule has 0 radical (unpaired) electrons. The van der Waals surface area contributed by atoms with Crippen molar-refractivity contribution in [2.24, 2.45) is 0 Å². The first kappa shape index (κ1) is 35.4. The number of thiophene rings is 1. The number of anilines is 9. The molecule has 2 aliphatic heterocycles. The maximum atomic E-state index is 2.57. The van der Waals surface area contributed by atoms with E-state index in [1.807, 2.05) is 11.3 Å². The number of para-hydroxylation sites is 3. The molecule has 0 aliphatic carbocycles. The molecule has 3 nitrogen and oxygen atoms in total. The van der Waals surface area contributed by atoms with Gasteiger partial charge in [-0.05, 0) is 118 Å². The second kappa shape index (κ2) is 14.6. The molecular formula is C56H38BN3S. The lowest BCUT2D eigenvalue weighted by Gasteiger charge is -2.43. The Morgan fingerprint density at radius 2 is 0.918 bits per heavy atom. The van der Waals surface area contributed by atoms with E-state index < -0.39 is 0 Å². The van der Waals surface area contributed by atoms with Crippen LogP contribution in [-0.2, 0) is 0 Å². The topological polar surface area (TPSA) is 9.72 Å². The molecule has 1 aromatic heterocycles. The predicted octanol–water partition coefficient (Wildman–Crippen LogP) is 13.8. The Hall–Kier alpha value is -7.60. The molecule has 2 aliphatic rings. The molecule has 286 valence electrons. The van der Waals surface area contributed by atoms with Crippen LogP contribution in [0.1, 0.15) is 0 Å². The molecule has 0 saturated carbocycles. The summed E-state index contributed by atoms with van der Waals surface area (Å²) in [6.45, 7) is 0.0201. The summed E-state index contributed by atoms with van der Waals surface area (Å²) in [5.74, 6) is 0. The third-order valence-corrected chi connectivity index (χ3v) is 13.4. The van der Waals surface area contributed by atoms with Gasteiger partial charge in [-0.15, -0.1) is 11.3 Å². The molecule has 12 rings (SSSR count). The molecule has 0 bridgehead atoms. The van der Waals surface area contributed by atoms with Gasteiger partial charge in [0.2, 0.25) is 0 Å². The van der Waals surface area contributed by atoms with Crippen molar-refractivity contribution >= 4 is 95.0 Å². The fourth-order valence-corrected chi connectivity index (χ4v) is 10.9. The molecule has 0 unspecified atom stereocenters. The smallest absolute Gasteiger partial charge is 0.264 e. The summed E-state index contributed by atoms with van der Waals surface area (Å²) in [6.07, 6.45) is 0. The first-order valence-electron chi connectivity index (χ1n) is 20.9. The molecule has 0 fully saturated rings. The number of fused-ring (bicyclic) bond motifs is 6. The van der Waals surface area contributed by atoms with Crippen LogP contribution in [0.4, 0.5) is 51.2 Å². The quantitative estimate of drug-likeness (QED) is 0.149. The van der Waals surface area contributed by atoms with Gasteiger partial charge in [0.1, 0.15) is 0 Å². The Morgan fingerprint density at radius 3 is 1.54 bits per heavy atom. The van der Waals surface area contributed by atoms with E-state index in [-0.39, 0.29) is 6.71 Å². The molecular weight excluding hydrogens is 758 g/mol. The molecule has 3 heterocycles. The number of benzene rings is 9. The van der Waals surface area contributed by atoms with Crippen molar-refractivity contribution in [3.8, 4) is 22.3 Å². The third-order valence-electron chi connectivity index (χ3n) is 12.2. The number of rotatable bonds is 7. The lowest BCUT2D eigenvalue weighted by atomic mass is 9.36. The van der Waals surface area contributed by atoms with Gasteiger partial charge in [0.15, 0.2) is 0 Å². The van der Waals surface area contributed by atoms with Crippen molar-refractivity contribution in [2.45, 2.75) is 0 Å². The van der Waals surface area contributed by atoms with Crippen LogP contribution < -0.4 is 30.4 Å². The molecule has 0 spiro atoms. The van der Waals surface area contributed by atoms with E-state index in [9.17, 15) is 0 Å². The highest BCUT2D eigenvalue weighted by atomic mass is 32.1. The zero-order valence-electron chi connectivity index (χ0n) is 33.3. The van der Waals surface area contributed by atoms with E-state index in [1.54, 1.807) is 0 Å². The fourth-order valence-electron chi connectivity index (χ4n) is 9.55. The van der Waals surface area contributed by atoms with E-state index in [2.05, 4.69) is 245 Å². The van der Waals surface area contributed by atoms with Crippen LogP contribution >= 0.6 is 11.3 Å². The maximum Gasteiger partial charge on any atom is 0.264 e. The van der Waals surface area contributed by atoms with E-state index >= 15 is 0 Å². The van der Waals surface area contributed by atoms with Crippen molar-refractivity contribution in [1.82, 2.24) is 0 Å². The van der Waals surface area contributed by atoms with Crippen LogP contribution in [0.25, 0.3) is 32.3 Å². The predicted molar refractivity (Wildman–Crippen MR) is 261 cm³/mol. The van der Waals surface area contributed by atoms with E-state index in [0.717, 1.165) is 28.4 Å². The summed E-state index contributed by atoms with van der Waals surface area (Å²) in [5, 5.41) is 1.27. The molecule has 0 N–H and O–H groups in total. The van der Waals surface area contributed by atoms with Crippen molar-refractivity contribution in [3.05, 3.63) is 231 Å². The summed E-state index contributed by atoms with van der Waals surface area (Å²) >= 11 is 1.93. The molecule has 61 heavy (non-hydrogen) atoms. The zero-order valence-corrected chi connectivity index (χ0v) is 34.1. The Kier molecular flexibility index (Phi) is 8.46. The lowest BCUT2D eigenvalue weighted by molar-refractivity contribution is 1.24. The second-order valence-corrected chi connectivity index (χ2v) is 16.8. The highest BCUT2D eigenvalue weighted by Crippen LogP contribution is 2.49. The van der Waals surface area contributed by atoms with Gasteiger partial charge in [-0.3, -0.25) is 0 Å². The summed E-state index contributed by atoms with van der Waals surface area (Å²) < 4.78 is 2.65. The summed E-state index contributed by atoms with van der Waals surface area (Å²) in [7, 11) is 0. The average Bonchev–Trinajstić information content (AvgIpc) is 3.72. The monoisotopic (exact) mass is 795 g/mol. The minimum Gasteiger partial charge on any atom is -0.311 e. The maximum absolute atomic E-state index is 2.57. The molecule has 10 aromatic rings. The minimum absolute atomic E-state index is 0.0201. The van der Waals surface area contributed by atoms with Crippen LogP contribution in [0.15, 0.2) is 231 Å². The largest absolute Gasteiger partial charge is 0.311 e. The fraction of sp³-hybridized carbons (Fsp3) is 0. The molecule has 0 saturated heterocycles. The van der Waals surface area contributed by atoms with Gasteiger partial charge in [-0.2, -0.15) is 0 Å². The van der Waals surface area contributed by atoms with Crippen molar-refractivity contribution in [3.63, 3.8) is 0 Å². The number of hydrogen-bond donors (Lipinski definition) is 0. The number of nitrogens with zero attached hydrogens (tertiary/aromatic N) is 3. The van der Waals surface area contributed by atoms with Crippen LogP contribution in [0.2, 0.25) is 0 Å². The number of hydrogen-bond acceptors (Lipinski definition) is 4. The summed E-state index contributed by atoms with van der Waals surface area (Å²) in [6, 6.07) is 84.0. The van der Waals surface area contributed by atoms with Gasteiger partial charge >= 0.3 is 0 Å². The van der Waals surface area contributed by atoms with Gasteiger partial charge in [0.25, 0.3) is 6.71 Å². The van der Waals surface area contributed by atoms with Crippen LogP contribution in [0.5, 0.6) is 0 Å². The Morgan fingerprint density at radius 1 is 0.377 bits per heavy atom. The Bertz CT molecular complexity index is 3110. The van der Waals surface area contributed by atoms with Crippen molar-refractivity contribution in [1.29, 1.82) is 0 Å². The van der Waals surface area contributed by atoms with Crippen LogP contribution in [-0.4, -0.2) is 6.71 Å². The first-order valence-corrected chi connectivity index (χ1v) is 21.7.